The highest BCUT2D eigenvalue weighted by Gasteiger charge is 2.06. The van der Waals surface area contributed by atoms with Gasteiger partial charge in [0.15, 0.2) is 0 Å². The van der Waals surface area contributed by atoms with Gasteiger partial charge in [-0.15, -0.1) is 0 Å². The van der Waals surface area contributed by atoms with Crippen molar-refractivity contribution in [1.29, 1.82) is 0 Å². The lowest BCUT2D eigenvalue weighted by Crippen LogP contribution is -2.68. The van der Waals surface area contributed by atoms with Gasteiger partial charge in [-0.05, 0) is 13.0 Å². The molecule has 78 valence electrons. The number of hydrogen-bond acceptors (Lipinski definition) is 6. The molecule has 0 fully saturated rings. The molecular formula is C6H17N5O2. The van der Waals surface area contributed by atoms with Crippen molar-refractivity contribution in [3.63, 3.8) is 0 Å². The number of hydrogen-bond donors (Lipinski definition) is 5. The largest absolute Gasteiger partial charge is 0.544 e. The van der Waals surface area contributed by atoms with Crippen LogP contribution in [0.1, 0.15) is 12.8 Å². The molecule has 7 nitrogen and oxygen atoms in total. The molecule has 2 unspecified atom stereocenters. The summed E-state index contributed by atoms with van der Waals surface area (Å²) in [5, 5.41) is 13.1. The highest BCUT2D eigenvalue weighted by atomic mass is 16.4. The van der Waals surface area contributed by atoms with Crippen molar-refractivity contribution >= 4 is 5.97 Å². The highest BCUT2D eigenvalue weighted by molar-refractivity contribution is 5.68. The lowest BCUT2D eigenvalue weighted by atomic mass is 10.2. The first-order valence-corrected chi connectivity index (χ1v) is 4.07. The van der Waals surface area contributed by atoms with Gasteiger partial charge in [0.2, 0.25) is 0 Å². The molecule has 0 saturated carbocycles. The molecular weight excluding hydrogens is 174 g/mol. The van der Waals surface area contributed by atoms with Crippen molar-refractivity contribution < 1.29 is 15.6 Å². The molecule has 0 rings (SSSR count). The molecule has 7 heteroatoms. The predicted molar refractivity (Wildman–Crippen MR) is 44.2 cm³/mol. The van der Waals surface area contributed by atoms with Crippen LogP contribution >= 0.6 is 0 Å². The lowest BCUT2D eigenvalue weighted by Gasteiger charge is -2.13. The van der Waals surface area contributed by atoms with Gasteiger partial charge in [-0.2, -0.15) is 0 Å². The first-order valence-electron chi connectivity index (χ1n) is 4.07. The van der Waals surface area contributed by atoms with Gasteiger partial charge in [0, 0.05) is 6.42 Å². The Kier molecular flexibility index (Phi) is 6.37. The van der Waals surface area contributed by atoms with Crippen LogP contribution in [0.2, 0.25) is 0 Å². The van der Waals surface area contributed by atoms with E-state index in [1.807, 2.05) is 0 Å². The van der Waals surface area contributed by atoms with E-state index in [1.165, 1.54) is 0 Å². The Labute approximate surface area is 76.6 Å². The fourth-order valence-electron chi connectivity index (χ4n) is 0.783. The zero-order valence-electron chi connectivity index (χ0n) is 7.45. The van der Waals surface area contributed by atoms with Crippen LogP contribution in [0.4, 0.5) is 0 Å². The molecule has 9 N–H and O–H groups in total. The Morgan fingerprint density at radius 2 is 2.23 bits per heavy atom. The van der Waals surface area contributed by atoms with Crippen LogP contribution < -0.4 is 33.2 Å². The number of carbonyl (C=O) groups excluding carboxylic acids is 1. The highest BCUT2D eigenvalue weighted by Crippen LogP contribution is 1.89. The maximum absolute atomic E-state index is 10.2. The minimum absolute atomic E-state index is 0.465. The third-order valence-electron chi connectivity index (χ3n) is 1.61. The van der Waals surface area contributed by atoms with Crippen LogP contribution in [0.15, 0.2) is 0 Å². The number of carboxylic acids is 1. The molecule has 0 aliphatic carbocycles. The quantitative estimate of drug-likeness (QED) is 0.119. The zero-order chi connectivity index (χ0) is 10.3. The standard InChI is InChI=1S/C6H17N5O2/c7-4(5(12)13)2-1-3-10-6(8)11-9/h4,6,10-11H,1-3,7-9H2,(H,12,13). The van der Waals surface area contributed by atoms with Crippen LogP contribution in [0.25, 0.3) is 0 Å². The van der Waals surface area contributed by atoms with Gasteiger partial charge in [-0.25, -0.2) is 5.43 Å². The van der Waals surface area contributed by atoms with Gasteiger partial charge < -0.3 is 21.4 Å². The number of hydrazine groups is 1. The van der Waals surface area contributed by atoms with E-state index in [0.717, 1.165) is 0 Å². The average Bonchev–Trinajstić information content (AvgIpc) is 2.11. The monoisotopic (exact) mass is 191 g/mol. The maximum Gasteiger partial charge on any atom is 0.125 e. The summed E-state index contributed by atoms with van der Waals surface area (Å²) in [5.41, 5.74) is 11.1. The smallest absolute Gasteiger partial charge is 0.125 e. The van der Waals surface area contributed by atoms with E-state index in [0.29, 0.717) is 19.4 Å². The molecule has 0 aliphatic heterocycles. The SMILES string of the molecule is NNC(N)NCCCC([NH3+])C(=O)[O-]. The number of rotatable bonds is 7. The van der Waals surface area contributed by atoms with Gasteiger partial charge in [0.1, 0.15) is 12.3 Å². The third-order valence-corrected chi connectivity index (χ3v) is 1.61. The Hall–Kier alpha value is -0.730. The van der Waals surface area contributed by atoms with Crippen molar-refractivity contribution in [2.45, 2.75) is 25.2 Å². The maximum atomic E-state index is 10.2. The fourth-order valence-corrected chi connectivity index (χ4v) is 0.783. The average molecular weight is 191 g/mol. The number of nitrogens with two attached hydrogens (primary N) is 2. The topological polar surface area (TPSA) is 144 Å². The number of nitrogens with one attached hydrogen (secondary N) is 2. The molecule has 0 aromatic heterocycles. The Bertz CT molecular complexity index is 154. The van der Waals surface area contributed by atoms with E-state index in [4.69, 9.17) is 11.6 Å². The number of quaternary nitrogens is 1. The normalized spacial score (nSPS) is 15.3. The van der Waals surface area contributed by atoms with Crippen molar-refractivity contribution in [2.24, 2.45) is 11.6 Å². The van der Waals surface area contributed by atoms with Crippen molar-refractivity contribution in [2.75, 3.05) is 6.54 Å². The first kappa shape index (κ1) is 12.3. The molecule has 0 spiro atoms. The summed E-state index contributed by atoms with van der Waals surface area (Å²) in [6, 6.07) is -0.663. The summed E-state index contributed by atoms with van der Waals surface area (Å²) in [4.78, 5) is 10.2. The van der Waals surface area contributed by atoms with E-state index in [9.17, 15) is 9.90 Å². The molecule has 0 heterocycles. The third kappa shape index (κ3) is 6.43. The molecule has 0 aromatic rings. The van der Waals surface area contributed by atoms with Crippen LogP contribution in [-0.2, 0) is 4.79 Å². The molecule has 13 heavy (non-hydrogen) atoms. The van der Waals surface area contributed by atoms with Gasteiger partial charge in [-0.1, -0.05) is 0 Å². The van der Waals surface area contributed by atoms with E-state index >= 15 is 0 Å². The number of carboxylic acid groups (broad SMARTS) is 1. The minimum atomic E-state index is -1.12. The molecule has 0 aromatic carbocycles. The van der Waals surface area contributed by atoms with E-state index in [1.54, 1.807) is 0 Å². The predicted octanol–water partition coefficient (Wildman–Crippen LogP) is -4.58. The summed E-state index contributed by atoms with van der Waals surface area (Å²) in [6.45, 7) is 0.588. The van der Waals surface area contributed by atoms with Crippen LogP contribution in [0.3, 0.4) is 0 Å². The molecule has 0 radical (unpaired) electrons. The Balaban J connectivity index is 3.30. The summed E-state index contributed by atoms with van der Waals surface area (Å²) >= 11 is 0. The minimum Gasteiger partial charge on any atom is -0.544 e. The zero-order valence-corrected chi connectivity index (χ0v) is 7.45. The summed E-state index contributed by atoms with van der Waals surface area (Å²) in [6.07, 6.45) is 0.663. The molecule has 0 aliphatic rings. The van der Waals surface area contributed by atoms with Crippen molar-refractivity contribution in [1.82, 2.24) is 10.7 Å². The molecule has 0 amide bonds. The van der Waals surface area contributed by atoms with Crippen LogP contribution in [0.5, 0.6) is 0 Å². The van der Waals surface area contributed by atoms with E-state index < -0.39 is 18.3 Å². The van der Waals surface area contributed by atoms with E-state index in [-0.39, 0.29) is 0 Å². The fraction of sp³-hybridized carbons (Fsp3) is 0.833. The summed E-state index contributed by atoms with van der Waals surface area (Å²) in [7, 11) is 0. The van der Waals surface area contributed by atoms with Gasteiger partial charge in [-0.3, -0.25) is 11.2 Å². The van der Waals surface area contributed by atoms with Crippen LogP contribution in [0, 0.1) is 0 Å². The summed E-state index contributed by atoms with van der Waals surface area (Å²) in [5.74, 6) is 3.88. The number of carbonyl (C=O) groups is 1. The second kappa shape index (κ2) is 6.75. The van der Waals surface area contributed by atoms with Crippen LogP contribution in [-0.4, -0.2) is 24.8 Å². The second-order valence-corrected chi connectivity index (χ2v) is 2.76. The van der Waals surface area contributed by atoms with Crippen molar-refractivity contribution in [3.8, 4) is 0 Å². The second-order valence-electron chi connectivity index (χ2n) is 2.76. The first-order chi connectivity index (χ1) is 6.07. The van der Waals surface area contributed by atoms with E-state index in [2.05, 4.69) is 16.5 Å². The summed E-state index contributed by atoms with van der Waals surface area (Å²) < 4.78 is 0. The molecule has 0 saturated heterocycles. The molecule has 0 bridgehead atoms. The Morgan fingerprint density at radius 3 is 2.69 bits per heavy atom. The van der Waals surface area contributed by atoms with Crippen molar-refractivity contribution in [3.05, 3.63) is 0 Å². The lowest BCUT2D eigenvalue weighted by molar-refractivity contribution is -0.438. The van der Waals surface area contributed by atoms with Gasteiger partial charge in [0.05, 0.1) is 5.97 Å². The van der Waals surface area contributed by atoms with Gasteiger partial charge in [0.25, 0.3) is 0 Å². The number of aliphatic carboxylic acids is 1. The Morgan fingerprint density at radius 1 is 1.62 bits per heavy atom. The molecule has 2 atom stereocenters. The van der Waals surface area contributed by atoms with Gasteiger partial charge >= 0.3 is 0 Å².